The minimum absolute atomic E-state index is 0. The molecular formula is C22H28IN5. The fourth-order valence-corrected chi connectivity index (χ4v) is 3.03. The summed E-state index contributed by atoms with van der Waals surface area (Å²) in [5.41, 5.74) is 3.54. The van der Waals surface area contributed by atoms with Crippen LogP contribution in [-0.4, -0.2) is 41.5 Å². The second kappa shape index (κ2) is 11.5. The summed E-state index contributed by atoms with van der Waals surface area (Å²) in [4.78, 5) is 14.4. The van der Waals surface area contributed by atoms with Gasteiger partial charge in [0.25, 0.3) is 0 Å². The number of nitrogens with zero attached hydrogens (tertiary/aromatic N) is 3. The fraction of sp³-hybridized carbons (Fsp3) is 0.273. The predicted octanol–water partition coefficient (Wildman–Crippen LogP) is 4.33. The molecule has 0 amide bonds. The molecule has 6 heteroatoms. The van der Waals surface area contributed by atoms with Crippen LogP contribution in [0, 0.1) is 0 Å². The number of H-pyrrole nitrogens is 1. The van der Waals surface area contributed by atoms with Crippen molar-refractivity contribution in [3.05, 3.63) is 78.2 Å². The van der Waals surface area contributed by atoms with Crippen molar-refractivity contribution in [2.45, 2.75) is 19.4 Å². The summed E-state index contributed by atoms with van der Waals surface area (Å²) < 4.78 is 0. The lowest BCUT2D eigenvalue weighted by molar-refractivity contribution is 0.463. The normalized spacial score (nSPS) is 11.0. The molecule has 0 fully saturated rings. The standard InChI is InChI=1S/C22H27N5.HI/c1-23-22(24-15-9-12-18-10-5-3-6-11-18)27(2)17-21-25-16-20(26-21)19-13-7-4-8-14-19;/h3-8,10-11,13-14,16H,9,12,15,17H2,1-2H3,(H,23,24)(H,25,26);1H. The first-order valence-electron chi connectivity index (χ1n) is 9.31. The third-order valence-corrected chi connectivity index (χ3v) is 4.44. The molecule has 3 aromatic rings. The fourth-order valence-electron chi connectivity index (χ4n) is 3.03. The van der Waals surface area contributed by atoms with E-state index in [0.29, 0.717) is 6.54 Å². The summed E-state index contributed by atoms with van der Waals surface area (Å²) in [6.07, 6.45) is 4.01. The van der Waals surface area contributed by atoms with Gasteiger partial charge in [-0.1, -0.05) is 60.7 Å². The van der Waals surface area contributed by atoms with Crippen LogP contribution in [0.2, 0.25) is 0 Å². The molecule has 0 unspecified atom stereocenters. The summed E-state index contributed by atoms with van der Waals surface area (Å²) in [5.74, 6) is 1.80. The van der Waals surface area contributed by atoms with E-state index in [1.807, 2.05) is 38.5 Å². The molecule has 2 aromatic carbocycles. The minimum atomic E-state index is 0. The summed E-state index contributed by atoms with van der Waals surface area (Å²) in [7, 11) is 3.84. The smallest absolute Gasteiger partial charge is 0.193 e. The SMILES string of the molecule is CN=C(NCCCc1ccccc1)N(C)Cc1ncc(-c2ccccc2)[nH]1.I. The average molecular weight is 489 g/mol. The molecule has 2 N–H and O–H groups in total. The van der Waals surface area contributed by atoms with Gasteiger partial charge in [0.2, 0.25) is 0 Å². The monoisotopic (exact) mass is 489 g/mol. The lowest BCUT2D eigenvalue weighted by atomic mass is 10.1. The summed E-state index contributed by atoms with van der Waals surface area (Å²) in [5, 5.41) is 3.43. The van der Waals surface area contributed by atoms with Gasteiger partial charge in [-0.15, -0.1) is 24.0 Å². The van der Waals surface area contributed by atoms with Crippen molar-refractivity contribution in [1.29, 1.82) is 0 Å². The van der Waals surface area contributed by atoms with Gasteiger partial charge in [0, 0.05) is 20.6 Å². The Morgan fingerprint density at radius 2 is 1.75 bits per heavy atom. The van der Waals surface area contributed by atoms with Crippen LogP contribution in [0.3, 0.4) is 0 Å². The highest BCUT2D eigenvalue weighted by molar-refractivity contribution is 14.0. The minimum Gasteiger partial charge on any atom is -0.356 e. The first-order chi connectivity index (χ1) is 13.3. The van der Waals surface area contributed by atoms with Gasteiger partial charge >= 0.3 is 0 Å². The molecule has 0 saturated heterocycles. The molecular weight excluding hydrogens is 461 g/mol. The van der Waals surface area contributed by atoms with Gasteiger partial charge in [-0.2, -0.15) is 0 Å². The highest BCUT2D eigenvalue weighted by atomic mass is 127. The van der Waals surface area contributed by atoms with E-state index in [0.717, 1.165) is 42.4 Å². The number of imidazole rings is 1. The van der Waals surface area contributed by atoms with Crippen LogP contribution in [-0.2, 0) is 13.0 Å². The molecule has 5 nitrogen and oxygen atoms in total. The highest BCUT2D eigenvalue weighted by Crippen LogP contribution is 2.16. The Hall–Kier alpha value is -2.35. The Labute approximate surface area is 184 Å². The zero-order valence-corrected chi connectivity index (χ0v) is 18.8. The number of benzene rings is 2. The summed E-state index contributed by atoms with van der Waals surface area (Å²) in [6.45, 7) is 1.56. The molecule has 0 aliphatic heterocycles. The average Bonchev–Trinajstić information content (AvgIpc) is 3.18. The maximum Gasteiger partial charge on any atom is 0.193 e. The van der Waals surface area contributed by atoms with Crippen LogP contribution >= 0.6 is 24.0 Å². The maximum atomic E-state index is 4.51. The van der Waals surface area contributed by atoms with Gasteiger partial charge in [0.1, 0.15) is 5.82 Å². The van der Waals surface area contributed by atoms with Crippen molar-refractivity contribution in [2.24, 2.45) is 4.99 Å². The lowest BCUT2D eigenvalue weighted by Gasteiger charge is -2.21. The largest absolute Gasteiger partial charge is 0.356 e. The summed E-state index contributed by atoms with van der Waals surface area (Å²) >= 11 is 0. The Bertz CT molecular complexity index is 846. The topological polar surface area (TPSA) is 56.3 Å². The molecule has 0 atom stereocenters. The molecule has 148 valence electrons. The molecule has 1 heterocycles. The van der Waals surface area contributed by atoms with Crippen molar-refractivity contribution in [3.8, 4) is 11.3 Å². The number of rotatable bonds is 7. The van der Waals surface area contributed by atoms with Crippen LogP contribution in [0.5, 0.6) is 0 Å². The van der Waals surface area contributed by atoms with Crippen molar-refractivity contribution in [1.82, 2.24) is 20.2 Å². The Morgan fingerprint density at radius 3 is 2.43 bits per heavy atom. The zero-order chi connectivity index (χ0) is 18.9. The molecule has 28 heavy (non-hydrogen) atoms. The van der Waals surface area contributed by atoms with E-state index >= 15 is 0 Å². The summed E-state index contributed by atoms with van der Waals surface area (Å²) in [6, 6.07) is 20.8. The van der Waals surface area contributed by atoms with Crippen molar-refractivity contribution in [3.63, 3.8) is 0 Å². The van der Waals surface area contributed by atoms with Gasteiger partial charge < -0.3 is 15.2 Å². The van der Waals surface area contributed by atoms with Gasteiger partial charge in [-0.25, -0.2) is 4.98 Å². The highest BCUT2D eigenvalue weighted by Gasteiger charge is 2.09. The molecule has 0 radical (unpaired) electrons. The van der Waals surface area contributed by atoms with Crippen LogP contribution < -0.4 is 5.32 Å². The molecule has 0 aliphatic carbocycles. The lowest BCUT2D eigenvalue weighted by Crippen LogP contribution is -2.39. The molecule has 0 saturated carbocycles. The number of aromatic nitrogens is 2. The van der Waals surface area contributed by atoms with Crippen LogP contribution in [0.1, 0.15) is 17.8 Å². The van der Waals surface area contributed by atoms with Gasteiger partial charge in [0.15, 0.2) is 5.96 Å². The Kier molecular flexibility index (Phi) is 9.00. The van der Waals surface area contributed by atoms with E-state index in [1.165, 1.54) is 5.56 Å². The van der Waals surface area contributed by atoms with Crippen LogP contribution in [0.4, 0.5) is 0 Å². The number of halogens is 1. The number of nitrogens with one attached hydrogen (secondary N) is 2. The van der Waals surface area contributed by atoms with Crippen LogP contribution in [0.25, 0.3) is 11.3 Å². The number of hydrogen-bond donors (Lipinski definition) is 2. The van der Waals surface area contributed by atoms with E-state index in [2.05, 4.69) is 67.6 Å². The predicted molar refractivity (Wildman–Crippen MR) is 127 cm³/mol. The Morgan fingerprint density at radius 1 is 1.07 bits per heavy atom. The number of aliphatic imine (C=N–C) groups is 1. The van der Waals surface area contributed by atoms with E-state index in [4.69, 9.17) is 0 Å². The van der Waals surface area contributed by atoms with Crippen molar-refractivity contribution in [2.75, 3.05) is 20.6 Å². The zero-order valence-electron chi connectivity index (χ0n) is 16.4. The second-order valence-electron chi connectivity index (χ2n) is 6.53. The first kappa shape index (κ1) is 21.9. The number of aryl methyl sites for hydroxylation is 1. The molecule has 0 aliphatic rings. The second-order valence-corrected chi connectivity index (χ2v) is 6.53. The van der Waals surface area contributed by atoms with E-state index in [9.17, 15) is 0 Å². The van der Waals surface area contributed by atoms with Crippen molar-refractivity contribution < 1.29 is 0 Å². The molecule has 0 bridgehead atoms. The quantitative estimate of drug-likeness (QED) is 0.225. The molecule has 0 spiro atoms. The van der Waals surface area contributed by atoms with Gasteiger partial charge in [-0.3, -0.25) is 4.99 Å². The van der Waals surface area contributed by atoms with E-state index in [1.54, 1.807) is 0 Å². The number of aromatic amines is 1. The van der Waals surface area contributed by atoms with Gasteiger partial charge in [-0.05, 0) is 24.0 Å². The molecule has 1 aromatic heterocycles. The third kappa shape index (κ3) is 6.37. The number of guanidine groups is 1. The van der Waals surface area contributed by atoms with Gasteiger partial charge in [0.05, 0.1) is 18.4 Å². The maximum absolute atomic E-state index is 4.51. The van der Waals surface area contributed by atoms with E-state index < -0.39 is 0 Å². The Balaban J connectivity index is 0.00000280. The van der Waals surface area contributed by atoms with Crippen LogP contribution in [0.15, 0.2) is 71.9 Å². The van der Waals surface area contributed by atoms with E-state index in [-0.39, 0.29) is 24.0 Å². The van der Waals surface area contributed by atoms with Crippen molar-refractivity contribution >= 4 is 29.9 Å². The third-order valence-electron chi connectivity index (χ3n) is 4.44. The number of hydrogen-bond acceptors (Lipinski definition) is 2. The first-order valence-corrected chi connectivity index (χ1v) is 9.31. The molecule has 3 rings (SSSR count).